The smallest absolute Gasteiger partial charge is 0.307 e. The first-order chi connectivity index (χ1) is 9.45. The van der Waals surface area contributed by atoms with E-state index >= 15 is 0 Å². The van der Waals surface area contributed by atoms with Crippen molar-refractivity contribution in [3.8, 4) is 0 Å². The Hall–Kier alpha value is -1.92. The van der Waals surface area contributed by atoms with Gasteiger partial charge in [-0.25, -0.2) is 0 Å². The number of aliphatic hydroxyl groups is 2. The van der Waals surface area contributed by atoms with Crippen LogP contribution in [-0.2, 0) is 9.53 Å². The van der Waals surface area contributed by atoms with Crippen LogP contribution in [0.2, 0.25) is 0 Å². The van der Waals surface area contributed by atoms with Crippen molar-refractivity contribution >= 4 is 11.9 Å². The highest BCUT2D eigenvalue weighted by Crippen LogP contribution is 2.08. The molecule has 3 N–H and O–H groups in total. The van der Waals surface area contributed by atoms with Crippen LogP contribution in [0.1, 0.15) is 23.7 Å². The van der Waals surface area contributed by atoms with Crippen molar-refractivity contribution in [2.75, 3.05) is 7.11 Å². The van der Waals surface area contributed by atoms with Crippen molar-refractivity contribution in [3.63, 3.8) is 0 Å². The summed E-state index contributed by atoms with van der Waals surface area (Å²) < 4.78 is 4.51. The molecule has 20 heavy (non-hydrogen) atoms. The lowest BCUT2D eigenvalue weighted by Crippen LogP contribution is -2.49. The minimum absolute atomic E-state index is 0.221. The van der Waals surface area contributed by atoms with Crippen LogP contribution >= 0.6 is 0 Å². The molecule has 0 aliphatic rings. The van der Waals surface area contributed by atoms with Crippen molar-refractivity contribution in [2.24, 2.45) is 0 Å². The summed E-state index contributed by atoms with van der Waals surface area (Å²) in [5, 5.41) is 21.8. The molecule has 3 atom stereocenters. The highest BCUT2D eigenvalue weighted by Gasteiger charge is 2.28. The summed E-state index contributed by atoms with van der Waals surface area (Å²) in [4.78, 5) is 23.3. The predicted molar refractivity (Wildman–Crippen MR) is 72.0 cm³/mol. The van der Waals surface area contributed by atoms with E-state index in [9.17, 15) is 19.8 Å². The first kappa shape index (κ1) is 16.1. The van der Waals surface area contributed by atoms with Gasteiger partial charge in [-0.3, -0.25) is 9.59 Å². The van der Waals surface area contributed by atoms with Gasteiger partial charge in [-0.05, 0) is 19.1 Å². The van der Waals surface area contributed by atoms with Crippen molar-refractivity contribution in [2.45, 2.75) is 31.6 Å². The lowest BCUT2D eigenvalue weighted by atomic mass is 10.0. The molecule has 6 heteroatoms. The lowest BCUT2D eigenvalue weighted by Gasteiger charge is -2.25. The van der Waals surface area contributed by atoms with E-state index in [0.717, 1.165) is 0 Å². The second-order valence-electron chi connectivity index (χ2n) is 4.46. The first-order valence-electron chi connectivity index (χ1n) is 6.24. The number of nitrogens with one attached hydrogen (secondary N) is 1. The molecule has 0 unspecified atom stereocenters. The SMILES string of the molecule is COC(=O)C[C@@H](NC(=O)c1ccccc1)[C@H](O)[C@H](C)O. The van der Waals surface area contributed by atoms with E-state index in [4.69, 9.17) is 0 Å². The Morgan fingerprint density at radius 3 is 2.35 bits per heavy atom. The minimum atomic E-state index is -1.26. The Balaban J connectivity index is 2.78. The molecule has 1 amide bonds. The van der Waals surface area contributed by atoms with Crippen molar-refractivity contribution < 1.29 is 24.5 Å². The summed E-state index contributed by atoms with van der Waals surface area (Å²) in [5.74, 6) is -1.01. The predicted octanol–water partition coefficient (Wildman–Crippen LogP) is 0.0898. The van der Waals surface area contributed by atoms with Gasteiger partial charge in [0.2, 0.25) is 0 Å². The van der Waals surface area contributed by atoms with Gasteiger partial charge in [0, 0.05) is 5.56 Å². The Morgan fingerprint density at radius 2 is 1.85 bits per heavy atom. The third kappa shape index (κ3) is 4.64. The Kier molecular flexibility index (Phi) is 6.14. The molecule has 0 saturated heterocycles. The van der Waals surface area contributed by atoms with Gasteiger partial charge < -0.3 is 20.3 Å². The molecule has 1 rings (SSSR count). The third-order valence-electron chi connectivity index (χ3n) is 2.87. The number of benzene rings is 1. The Labute approximate surface area is 117 Å². The normalized spacial score (nSPS) is 15.0. The summed E-state index contributed by atoms with van der Waals surface area (Å²) in [6.45, 7) is 1.38. The van der Waals surface area contributed by atoms with Gasteiger partial charge in [0.25, 0.3) is 5.91 Å². The van der Waals surface area contributed by atoms with Gasteiger partial charge in [0.15, 0.2) is 0 Å². The number of hydrogen-bond donors (Lipinski definition) is 3. The number of ether oxygens (including phenoxy) is 1. The van der Waals surface area contributed by atoms with Crippen LogP contribution in [0, 0.1) is 0 Å². The van der Waals surface area contributed by atoms with Gasteiger partial charge >= 0.3 is 5.97 Å². The van der Waals surface area contributed by atoms with E-state index < -0.39 is 30.1 Å². The average Bonchev–Trinajstić information content (AvgIpc) is 2.46. The van der Waals surface area contributed by atoms with Gasteiger partial charge in [-0.2, -0.15) is 0 Å². The van der Waals surface area contributed by atoms with E-state index in [2.05, 4.69) is 10.1 Å². The van der Waals surface area contributed by atoms with Crippen LogP contribution in [0.25, 0.3) is 0 Å². The number of hydrogen-bond acceptors (Lipinski definition) is 5. The molecule has 0 fully saturated rings. The van der Waals surface area contributed by atoms with Crippen molar-refractivity contribution in [1.29, 1.82) is 0 Å². The maximum Gasteiger partial charge on any atom is 0.307 e. The number of esters is 1. The standard InChI is InChI=1S/C14H19NO5/c1-9(16)13(18)11(8-12(17)20-2)15-14(19)10-6-4-3-5-7-10/h3-7,9,11,13,16,18H,8H2,1-2H3,(H,15,19)/t9-,11+,13+/m0/s1. The Bertz CT molecular complexity index is 446. The van der Waals surface area contributed by atoms with Crippen LogP contribution in [0.5, 0.6) is 0 Å². The van der Waals surface area contributed by atoms with E-state index in [0.29, 0.717) is 5.56 Å². The number of carbonyl (C=O) groups excluding carboxylic acids is 2. The topological polar surface area (TPSA) is 95.9 Å². The number of aliphatic hydroxyl groups excluding tert-OH is 2. The fourth-order valence-corrected chi connectivity index (χ4v) is 1.70. The van der Waals surface area contributed by atoms with Crippen LogP contribution in [0.4, 0.5) is 0 Å². The molecular formula is C14H19NO5. The zero-order chi connectivity index (χ0) is 15.1. The third-order valence-corrected chi connectivity index (χ3v) is 2.87. The molecule has 0 saturated carbocycles. The number of amides is 1. The molecule has 6 nitrogen and oxygen atoms in total. The van der Waals surface area contributed by atoms with Crippen LogP contribution in [0.15, 0.2) is 30.3 Å². The molecule has 0 aliphatic carbocycles. The van der Waals surface area contributed by atoms with E-state index in [1.54, 1.807) is 30.3 Å². The second kappa shape index (κ2) is 7.62. The van der Waals surface area contributed by atoms with E-state index in [1.807, 2.05) is 0 Å². The van der Waals surface area contributed by atoms with Gasteiger partial charge in [-0.1, -0.05) is 18.2 Å². The molecule has 0 spiro atoms. The fraction of sp³-hybridized carbons (Fsp3) is 0.429. The molecule has 1 aromatic rings. The van der Waals surface area contributed by atoms with E-state index in [-0.39, 0.29) is 6.42 Å². The second-order valence-corrected chi connectivity index (χ2v) is 4.46. The van der Waals surface area contributed by atoms with Gasteiger partial charge in [-0.15, -0.1) is 0 Å². The maximum absolute atomic E-state index is 12.0. The zero-order valence-electron chi connectivity index (χ0n) is 11.4. The largest absolute Gasteiger partial charge is 0.469 e. The molecule has 0 aliphatic heterocycles. The number of methoxy groups -OCH3 is 1. The van der Waals surface area contributed by atoms with Crippen molar-refractivity contribution in [3.05, 3.63) is 35.9 Å². The first-order valence-corrected chi connectivity index (χ1v) is 6.24. The molecule has 0 bridgehead atoms. The highest BCUT2D eigenvalue weighted by molar-refractivity contribution is 5.94. The number of carbonyl (C=O) groups is 2. The summed E-state index contributed by atoms with van der Waals surface area (Å²) in [5.41, 5.74) is 0.403. The van der Waals surface area contributed by atoms with Gasteiger partial charge in [0.1, 0.15) is 6.10 Å². The number of rotatable bonds is 6. The van der Waals surface area contributed by atoms with Crippen LogP contribution in [0.3, 0.4) is 0 Å². The summed E-state index contributed by atoms with van der Waals surface area (Å²) >= 11 is 0. The molecule has 0 aromatic heterocycles. The molecule has 1 aromatic carbocycles. The Morgan fingerprint density at radius 1 is 1.25 bits per heavy atom. The zero-order valence-corrected chi connectivity index (χ0v) is 11.4. The average molecular weight is 281 g/mol. The molecule has 110 valence electrons. The summed E-state index contributed by atoms with van der Waals surface area (Å²) in [6.07, 6.45) is -2.57. The maximum atomic E-state index is 12.0. The fourth-order valence-electron chi connectivity index (χ4n) is 1.70. The summed E-state index contributed by atoms with van der Waals surface area (Å²) in [6, 6.07) is 7.48. The highest BCUT2D eigenvalue weighted by atomic mass is 16.5. The van der Waals surface area contributed by atoms with Gasteiger partial charge in [0.05, 0.1) is 25.7 Å². The summed E-state index contributed by atoms with van der Waals surface area (Å²) in [7, 11) is 1.22. The van der Waals surface area contributed by atoms with Crippen LogP contribution < -0.4 is 5.32 Å². The molecule has 0 heterocycles. The monoisotopic (exact) mass is 281 g/mol. The molecular weight excluding hydrogens is 262 g/mol. The minimum Gasteiger partial charge on any atom is -0.469 e. The molecule has 0 radical (unpaired) electrons. The lowest BCUT2D eigenvalue weighted by molar-refractivity contribution is -0.142. The van der Waals surface area contributed by atoms with Crippen LogP contribution in [-0.4, -0.2) is 47.4 Å². The van der Waals surface area contributed by atoms with E-state index in [1.165, 1.54) is 14.0 Å². The van der Waals surface area contributed by atoms with Crippen molar-refractivity contribution in [1.82, 2.24) is 5.32 Å². The quantitative estimate of drug-likeness (QED) is 0.642.